The molecule has 0 spiro atoms. The Bertz CT molecular complexity index is 871. The highest BCUT2D eigenvalue weighted by Gasteiger charge is 2.52. The van der Waals surface area contributed by atoms with Gasteiger partial charge in [-0.25, -0.2) is 0 Å². The van der Waals surface area contributed by atoms with Gasteiger partial charge in [0.1, 0.15) is 18.8 Å². The molecule has 2 rings (SSSR count). The Hall–Kier alpha value is -3.47. The molecule has 1 aromatic carbocycles. The highest BCUT2D eigenvalue weighted by Crippen LogP contribution is 2.28. The molecule has 0 saturated carbocycles. The van der Waals surface area contributed by atoms with E-state index in [9.17, 15) is 24.0 Å². The summed E-state index contributed by atoms with van der Waals surface area (Å²) in [7, 11) is 0. The maximum absolute atomic E-state index is 12.6. The molecule has 1 aliphatic rings. The summed E-state index contributed by atoms with van der Waals surface area (Å²) in [5, 5.41) is 2.53. The van der Waals surface area contributed by atoms with E-state index in [0.717, 1.165) is 13.8 Å². The topological polar surface area (TPSA) is 144 Å². The summed E-state index contributed by atoms with van der Waals surface area (Å²) in [5.41, 5.74) is 0.681. The fourth-order valence-corrected chi connectivity index (χ4v) is 3.33. The van der Waals surface area contributed by atoms with Crippen molar-refractivity contribution in [1.29, 1.82) is 0 Å². The summed E-state index contributed by atoms with van der Waals surface area (Å²) in [4.78, 5) is 59.3. The Morgan fingerprint density at radius 3 is 2.00 bits per heavy atom. The van der Waals surface area contributed by atoms with Crippen LogP contribution in [0.3, 0.4) is 0 Å². The molecule has 0 aliphatic carbocycles. The number of hydrogen-bond donors (Lipinski definition) is 1. The molecule has 1 N–H and O–H groups in total. The van der Waals surface area contributed by atoms with Crippen molar-refractivity contribution in [3.05, 3.63) is 35.9 Å². The first-order chi connectivity index (χ1) is 15.6. The van der Waals surface area contributed by atoms with Crippen LogP contribution in [0.15, 0.2) is 30.3 Å². The third kappa shape index (κ3) is 8.19. The molecular weight excluding hydrogens is 438 g/mol. The van der Waals surface area contributed by atoms with Crippen molar-refractivity contribution >= 4 is 29.8 Å². The number of nitrogens with one attached hydrogen (secondary N) is 1. The molecule has 1 amide bonds. The number of esters is 4. The van der Waals surface area contributed by atoms with Crippen LogP contribution in [0.1, 0.15) is 33.3 Å². The molecule has 0 unspecified atom stereocenters. The average molecular weight is 465 g/mol. The third-order valence-electron chi connectivity index (χ3n) is 4.51. The van der Waals surface area contributed by atoms with Crippen molar-refractivity contribution < 1.29 is 47.7 Å². The molecule has 11 heteroatoms. The van der Waals surface area contributed by atoms with Gasteiger partial charge in [-0.3, -0.25) is 24.0 Å². The minimum atomic E-state index is -1.43. The predicted octanol–water partition coefficient (Wildman–Crippen LogP) is 0.428. The molecule has 0 aromatic heterocycles. The second-order valence-electron chi connectivity index (χ2n) is 7.37. The third-order valence-corrected chi connectivity index (χ3v) is 4.51. The van der Waals surface area contributed by atoms with E-state index in [0.29, 0.717) is 5.56 Å². The summed E-state index contributed by atoms with van der Waals surface area (Å²) in [6.45, 7) is 4.25. The minimum Gasteiger partial charge on any atom is -0.463 e. The van der Waals surface area contributed by atoms with Crippen LogP contribution in [-0.2, 0) is 54.1 Å². The number of benzene rings is 1. The van der Waals surface area contributed by atoms with Gasteiger partial charge in [0.05, 0.1) is 6.42 Å². The van der Waals surface area contributed by atoms with Crippen LogP contribution >= 0.6 is 0 Å². The van der Waals surface area contributed by atoms with E-state index in [1.807, 2.05) is 0 Å². The SMILES string of the molecule is CC(=O)N[C@@H]1[C@H](OC(=O)Cc2ccccc2)O[C@@H](COC(C)=O)[C@@H](OC(C)=O)[C@@H]1OC(C)=O. The summed E-state index contributed by atoms with van der Waals surface area (Å²) in [6, 6.07) is 7.57. The van der Waals surface area contributed by atoms with Gasteiger partial charge >= 0.3 is 23.9 Å². The largest absolute Gasteiger partial charge is 0.463 e. The first kappa shape index (κ1) is 25.8. The Labute approximate surface area is 190 Å². The van der Waals surface area contributed by atoms with Crippen molar-refractivity contribution in [3.63, 3.8) is 0 Å². The van der Waals surface area contributed by atoms with E-state index in [2.05, 4.69) is 5.32 Å². The van der Waals surface area contributed by atoms with Crippen LogP contribution in [0.4, 0.5) is 0 Å². The maximum Gasteiger partial charge on any atom is 0.312 e. The Kier molecular flexibility index (Phi) is 9.34. The fourth-order valence-electron chi connectivity index (χ4n) is 3.33. The van der Waals surface area contributed by atoms with E-state index >= 15 is 0 Å². The Morgan fingerprint density at radius 1 is 0.848 bits per heavy atom. The zero-order chi connectivity index (χ0) is 24.5. The first-order valence-electron chi connectivity index (χ1n) is 10.2. The molecule has 5 atom stereocenters. The van der Waals surface area contributed by atoms with Crippen LogP contribution in [-0.4, -0.2) is 67.0 Å². The Balaban J connectivity index is 2.35. The lowest BCUT2D eigenvalue weighted by Crippen LogP contribution is -2.66. The maximum atomic E-state index is 12.6. The quantitative estimate of drug-likeness (QED) is 0.424. The molecule has 1 aromatic rings. The van der Waals surface area contributed by atoms with E-state index in [1.165, 1.54) is 13.8 Å². The van der Waals surface area contributed by atoms with Crippen LogP contribution in [0.5, 0.6) is 0 Å². The molecule has 1 heterocycles. The normalized spacial score (nSPS) is 24.2. The predicted molar refractivity (Wildman–Crippen MR) is 110 cm³/mol. The Morgan fingerprint density at radius 2 is 1.45 bits per heavy atom. The molecule has 11 nitrogen and oxygen atoms in total. The number of rotatable bonds is 8. The smallest absolute Gasteiger partial charge is 0.312 e. The lowest BCUT2D eigenvalue weighted by molar-refractivity contribution is -0.271. The second-order valence-corrected chi connectivity index (χ2v) is 7.37. The molecule has 1 saturated heterocycles. The summed E-state index contributed by atoms with van der Waals surface area (Å²) >= 11 is 0. The van der Waals surface area contributed by atoms with Crippen LogP contribution < -0.4 is 5.32 Å². The van der Waals surface area contributed by atoms with E-state index in [4.69, 9.17) is 23.7 Å². The van der Waals surface area contributed by atoms with Gasteiger partial charge in [-0.15, -0.1) is 0 Å². The van der Waals surface area contributed by atoms with Gasteiger partial charge in [-0.1, -0.05) is 30.3 Å². The molecule has 1 aliphatic heterocycles. The van der Waals surface area contributed by atoms with E-state index in [1.54, 1.807) is 30.3 Å². The van der Waals surface area contributed by atoms with Crippen molar-refractivity contribution in [2.45, 2.75) is 64.8 Å². The molecule has 1 fully saturated rings. The van der Waals surface area contributed by atoms with Gasteiger partial charge in [0.2, 0.25) is 12.2 Å². The van der Waals surface area contributed by atoms with Crippen LogP contribution in [0.25, 0.3) is 0 Å². The summed E-state index contributed by atoms with van der Waals surface area (Å²) < 4.78 is 26.9. The lowest BCUT2D eigenvalue weighted by atomic mass is 9.96. The number of carbonyl (C=O) groups is 5. The van der Waals surface area contributed by atoms with Crippen LogP contribution in [0, 0.1) is 0 Å². The number of amides is 1. The van der Waals surface area contributed by atoms with Gasteiger partial charge in [-0.2, -0.15) is 0 Å². The van der Waals surface area contributed by atoms with Gasteiger partial charge in [0.25, 0.3) is 0 Å². The lowest BCUT2D eigenvalue weighted by Gasteiger charge is -2.44. The second kappa shape index (κ2) is 12.0. The minimum absolute atomic E-state index is 0.0896. The average Bonchev–Trinajstić information content (AvgIpc) is 2.70. The van der Waals surface area contributed by atoms with Crippen molar-refractivity contribution in [2.75, 3.05) is 6.61 Å². The fraction of sp³-hybridized carbons (Fsp3) is 0.500. The number of ether oxygens (including phenoxy) is 5. The van der Waals surface area contributed by atoms with Gasteiger partial charge in [-0.05, 0) is 5.56 Å². The highest BCUT2D eigenvalue weighted by molar-refractivity contribution is 5.75. The van der Waals surface area contributed by atoms with Crippen LogP contribution in [0.2, 0.25) is 0 Å². The van der Waals surface area contributed by atoms with Crippen molar-refractivity contribution in [1.82, 2.24) is 5.32 Å². The zero-order valence-corrected chi connectivity index (χ0v) is 18.8. The summed E-state index contributed by atoms with van der Waals surface area (Å²) in [6.07, 6.45) is -5.22. The van der Waals surface area contributed by atoms with Gasteiger partial charge in [0.15, 0.2) is 12.2 Å². The number of hydrogen-bond acceptors (Lipinski definition) is 10. The molecule has 180 valence electrons. The monoisotopic (exact) mass is 465 g/mol. The summed E-state index contributed by atoms with van der Waals surface area (Å²) in [5.74, 6) is -3.32. The molecule has 33 heavy (non-hydrogen) atoms. The highest BCUT2D eigenvalue weighted by atomic mass is 16.7. The molecular formula is C22H27NO10. The van der Waals surface area contributed by atoms with Gasteiger partial charge in [0, 0.05) is 27.7 Å². The number of carbonyl (C=O) groups excluding carboxylic acids is 5. The van der Waals surface area contributed by atoms with Crippen molar-refractivity contribution in [3.8, 4) is 0 Å². The standard InChI is InChI=1S/C22H27NO10/c1-12(24)23-19-21(31-15(4)27)20(30-14(3)26)17(11-29-13(2)25)32-22(19)33-18(28)10-16-8-6-5-7-9-16/h5-9,17,19-22H,10-11H2,1-4H3,(H,23,24)/t17-,19-,20+,21+,22-/m0/s1. The zero-order valence-electron chi connectivity index (χ0n) is 18.8. The van der Waals surface area contributed by atoms with E-state index < -0.39 is 60.4 Å². The first-order valence-corrected chi connectivity index (χ1v) is 10.2. The molecule has 0 radical (unpaired) electrons. The van der Waals surface area contributed by atoms with Gasteiger partial charge < -0.3 is 29.0 Å². The van der Waals surface area contributed by atoms with E-state index in [-0.39, 0.29) is 13.0 Å². The van der Waals surface area contributed by atoms with Crippen molar-refractivity contribution in [2.24, 2.45) is 0 Å². The molecule has 0 bridgehead atoms.